The summed E-state index contributed by atoms with van der Waals surface area (Å²) in [5, 5.41) is 15.9. The van der Waals surface area contributed by atoms with Gasteiger partial charge in [-0.05, 0) is 19.1 Å². The van der Waals surface area contributed by atoms with Crippen molar-refractivity contribution in [1.29, 1.82) is 5.26 Å². The van der Waals surface area contributed by atoms with Crippen LogP contribution in [-0.2, 0) is 7.05 Å². The molecule has 1 aromatic heterocycles. The normalized spacial score (nSPS) is 9.83. The second kappa shape index (κ2) is 4.72. The van der Waals surface area contributed by atoms with Crippen molar-refractivity contribution in [3.63, 3.8) is 0 Å². The Balaban J connectivity index is 2.33. The molecule has 1 aromatic carbocycles. The van der Waals surface area contributed by atoms with E-state index in [0.29, 0.717) is 16.9 Å². The van der Waals surface area contributed by atoms with Crippen molar-refractivity contribution in [3.8, 4) is 6.07 Å². The number of hydrogen-bond donors (Lipinski definition) is 1. The van der Waals surface area contributed by atoms with Gasteiger partial charge in [-0.15, -0.1) is 0 Å². The molecule has 0 aliphatic carbocycles. The van der Waals surface area contributed by atoms with Crippen LogP contribution in [0.4, 0.5) is 5.69 Å². The number of nitrogens with zero attached hydrogens (tertiary/aromatic N) is 3. The molecule has 90 valence electrons. The van der Waals surface area contributed by atoms with E-state index in [1.54, 1.807) is 26.1 Å². The average molecular weight is 240 g/mol. The first kappa shape index (κ1) is 11.9. The lowest BCUT2D eigenvalue weighted by Crippen LogP contribution is -2.14. The highest BCUT2D eigenvalue weighted by Crippen LogP contribution is 2.15. The second-order valence-electron chi connectivity index (χ2n) is 3.86. The first-order valence-corrected chi connectivity index (χ1v) is 5.43. The topological polar surface area (TPSA) is 70.7 Å². The molecule has 5 heteroatoms. The largest absolute Gasteiger partial charge is 0.322 e. The molecule has 0 spiro atoms. The third-order valence-electron chi connectivity index (χ3n) is 2.59. The van der Waals surface area contributed by atoms with E-state index in [2.05, 4.69) is 10.4 Å². The number of carbonyl (C=O) groups is 1. The monoisotopic (exact) mass is 240 g/mol. The number of nitrogens with one attached hydrogen (secondary N) is 1. The summed E-state index contributed by atoms with van der Waals surface area (Å²) >= 11 is 0. The molecule has 5 nitrogen and oxygen atoms in total. The van der Waals surface area contributed by atoms with Crippen LogP contribution in [0.3, 0.4) is 0 Å². The van der Waals surface area contributed by atoms with E-state index in [-0.39, 0.29) is 11.6 Å². The Labute approximate surface area is 105 Å². The SMILES string of the molecule is Cc1nn(C)c(C#N)c1C(=O)Nc1ccccc1. The second-order valence-corrected chi connectivity index (χ2v) is 3.86. The number of rotatable bonds is 2. The molecule has 1 heterocycles. The molecule has 0 saturated heterocycles. The lowest BCUT2D eigenvalue weighted by molar-refractivity contribution is 0.102. The summed E-state index contributed by atoms with van der Waals surface area (Å²) in [7, 11) is 1.64. The van der Waals surface area contributed by atoms with E-state index in [9.17, 15) is 4.79 Å². The average Bonchev–Trinajstić information content (AvgIpc) is 2.64. The number of amides is 1. The molecule has 0 bridgehead atoms. The molecular formula is C13H12N4O. The van der Waals surface area contributed by atoms with Gasteiger partial charge in [0.05, 0.1) is 11.3 Å². The Bertz CT molecular complexity index is 622. The summed E-state index contributed by atoms with van der Waals surface area (Å²) in [4.78, 5) is 12.1. The highest BCUT2D eigenvalue weighted by atomic mass is 16.1. The number of benzene rings is 1. The van der Waals surface area contributed by atoms with Gasteiger partial charge in [0.25, 0.3) is 5.91 Å². The fourth-order valence-corrected chi connectivity index (χ4v) is 1.77. The number of nitriles is 1. The van der Waals surface area contributed by atoms with Gasteiger partial charge in [0.1, 0.15) is 6.07 Å². The Morgan fingerprint density at radius 2 is 2.06 bits per heavy atom. The quantitative estimate of drug-likeness (QED) is 0.870. The summed E-state index contributed by atoms with van der Waals surface area (Å²) in [5.41, 5.74) is 1.82. The lowest BCUT2D eigenvalue weighted by Gasteiger charge is -2.04. The van der Waals surface area contributed by atoms with Gasteiger partial charge < -0.3 is 5.32 Å². The molecule has 18 heavy (non-hydrogen) atoms. The zero-order valence-electron chi connectivity index (χ0n) is 10.1. The highest BCUT2D eigenvalue weighted by Gasteiger charge is 2.19. The van der Waals surface area contributed by atoms with Crippen LogP contribution in [-0.4, -0.2) is 15.7 Å². The summed E-state index contributed by atoms with van der Waals surface area (Å²) < 4.78 is 1.41. The summed E-state index contributed by atoms with van der Waals surface area (Å²) in [6.07, 6.45) is 0. The van der Waals surface area contributed by atoms with Crippen LogP contribution in [0, 0.1) is 18.3 Å². The third-order valence-corrected chi connectivity index (χ3v) is 2.59. The molecule has 0 aliphatic rings. The van der Waals surface area contributed by atoms with Gasteiger partial charge in [-0.2, -0.15) is 10.4 Å². The van der Waals surface area contributed by atoms with Crippen LogP contribution in [0.1, 0.15) is 21.7 Å². The number of carbonyl (C=O) groups excluding carboxylic acids is 1. The molecule has 2 rings (SSSR count). The van der Waals surface area contributed by atoms with Crippen LogP contribution in [0.15, 0.2) is 30.3 Å². The van der Waals surface area contributed by atoms with Crippen LogP contribution in [0.5, 0.6) is 0 Å². The minimum Gasteiger partial charge on any atom is -0.322 e. The van der Waals surface area contributed by atoms with Gasteiger partial charge in [0.2, 0.25) is 0 Å². The maximum absolute atomic E-state index is 12.1. The zero-order chi connectivity index (χ0) is 13.1. The van der Waals surface area contributed by atoms with Crippen molar-refractivity contribution >= 4 is 11.6 Å². The molecule has 0 radical (unpaired) electrons. The summed E-state index contributed by atoms with van der Waals surface area (Å²) in [6, 6.07) is 11.1. The first-order valence-electron chi connectivity index (χ1n) is 5.43. The first-order chi connectivity index (χ1) is 8.63. The molecule has 1 amide bonds. The third kappa shape index (κ3) is 2.09. The van der Waals surface area contributed by atoms with Crippen LogP contribution >= 0.6 is 0 Å². The minimum absolute atomic E-state index is 0.265. The molecule has 0 fully saturated rings. The zero-order valence-corrected chi connectivity index (χ0v) is 10.1. The molecule has 1 N–H and O–H groups in total. The van der Waals surface area contributed by atoms with Crippen LogP contribution in [0.25, 0.3) is 0 Å². The molecule has 0 atom stereocenters. The highest BCUT2D eigenvalue weighted by molar-refractivity contribution is 6.06. The van der Waals surface area contributed by atoms with Crippen molar-refractivity contribution < 1.29 is 4.79 Å². The van der Waals surface area contributed by atoms with Gasteiger partial charge in [-0.25, -0.2) is 0 Å². The smallest absolute Gasteiger partial charge is 0.260 e. The van der Waals surface area contributed by atoms with Gasteiger partial charge >= 0.3 is 0 Å². The van der Waals surface area contributed by atoms with Crippen molar-refractivity contribution in [2.45, 2.75) is 6.92 Å². The van der Waals surface area contributed by atoms with E-state index in [0.717, 1.165) is 0 Å². The number of aryl methyl sites for hydroxylation is 2. The predicted octanol–water partition coefficient (Wildman–Crippen LogP) is 1.85. The Kier molecular flexibility index (Phi) is 3.11. The minimum atomic E-state index is -0.316. The van der Waals surface area contributed by atoms with Gasteiger partial charge in [-0.3, -0.25) is 9.48 Å². The molecule has 2 aromatic rings. The van der Waals surface area contributed by atoms with E-state index < -0.39 is 0 Å². The summed E-state index contributed by atoms with van der Waals surface area (Å²) in [5.74, 6) is -0.316. The lowest BCUT2D eigenvalue weighted by atomic mass is 10.1. The van der Waals surface area contributed by atoms with E-state index in [1.165, 1.54) is 4.68 Å². The summed E-state index contributed by atoms with van der Waals surface area (Å²) in [6.45, 7) is 1.71. The Morgan fingerprint density at radius 1 is 1.39 bits per heavy atom. The fraction of sp³-hybridized carbons (Fsp3) is 0.154. The predicted molar refractivity (Wildman–Crippen MR) is 67.1 cm³/mol. The maximum Gasteiger partial charge on any atom is 0.260 e. The Morgan fingerprint density at radius 3 is 2.67 bits per heavy atom. The fourth-order valence-electron chi connectivity index (χ4n) is 1.77. The van der Waals surface area contributed by atoms with E-state index in [1.807, 2.05) is 24.3 Å². The van der Waals surface area contributed by atoms with Crippen LogP contribution in [0.2, 0.25) is 0 Å². The van der Waals surface area contributed by atoms with Gasteiger partial charge in [0.15, 0.2) is 5.69 Å². The molecule has 0 saturated carbocycles. The van der Waals surface area contributed by atoms with Crippen molar-refractivity contribution in [3.05, 3.63) is 47.3 Å². The molecular weight excluding hydrogens is 228 g/mol. The number of aromatic nitrogens is 2. The van der Waals surface area contributed by atoms with Crippen molar-refractivity contribution in [2.24, 2.45) is 7.05 Å². The number of para-hydroxylation sites is 1. The molecule has 0 unspecified atom stereocenters. The number of anilines is 1. The maximum atomic E-state index is 12.1. The standard InChI is InChI=1S/C13H12N4O/c1-9-12(11(8-14)17(2)16-9)13(18)15-10-6-4-3-5-7-10/h3-7H,1-2H3,(H,15,18). The van der Waals surface area contributed by atoms with E-state index in [4.69, 9.17) is 5.26 Å². The van der Waals surface area contributed by atoms with E-state index >= 15 is 0 Å². The molecule has 0 aliphatic heterocycles. The van der Waals surface area contributed by atoms with Gasteiger partial charge in [0, 0.05) is 12.7 Å². The number of hydrogen-bond acceptors (Lipinski definition) is 3. The Hall–Kier alpha value is -2.61. The van der Waals surface area contributed by atoms with Crippen molar-refractivity contribution in [1.82, 2.24) is 9.78 Å². The van der Waals surface area contributed by atoms with Gasteiger partial charge in [-0.1, -0.05) is 18.2 Å². The van der Waals surface area contributed by atoms with Crippen LogP contribution < -0.4 is 5.32 Å². The van der Waals surface area contributed by atoms with Crippen molar-refractivity contribution in [2.75, 3.05) is 5.32 Å².